The summed E-state index contributed by atoms with van der Waals surface area (Å²) in [4.78, 5) is 0. The highest BCUT2D eigenvalue weighted by Crippen LogP contribution is 2.60. The minimum atomic E-state index is 0.189. The van der Waals surface area contributed by atoms with Gasteiger partial charge in [0.2, 0.25) is 0 Å². The molecule has 64 valence electrons. The van der Waals surface area contributed by atoms with Gasteiger partial charge in [-0.05, 0) is 31.1 Å². The molecular formula is C9H17NO. The highest BCUT2D eigenvalue weighted by atomic mass is 16.5. The molecule has 2 fully saturated rings. The molecule has 0 amide bonds. The lowest BCUT2D eigenvalue weighted by molar-refractivity contribution is 0.179. The summed E-state index contributed by atoms with van der Waals surface area (Å²) in [7, 11) is 1.75. The van der Waals surface area contributed by atoms with E-state index in [0.717, 1.165) is 24.9 Å². The third-order valence-electron chi connectivity index (χ3n) is 3.53. The van der Waals surface area contributed by atoms with Crippen molar-refractivity contribution in [1.29, 1.82) is 0 Å². The van der Waals surface area contributed by atoms with Crippen molar-refractivity contribution in [3.8, 4) is 0 Å². The van der Waals surface area contributed by atoms with Gasteiger partial charge in [0.05, 0.1) is 0 Å². The molecular weight excluding hydrogens is 138 g/mol. The van der Waals surface area contributed by atoms with Gasteiger partial charge in [0.1, 0.15) is 0 Å². The molecule has 0 aromatic heterocycles. The molecule has 2 atom stereocenters. The van der Waals surface area contributed by atoms with E-state index in [0.29, 0.717) is 0 Å². The van der Waals surface area contributed by atoms with Gasteiger partial charge >= 0.3 is 0 Å². The summed E-state index contributed by atoms with van der Waals surface area (Å²) in [5, 5.41) is 0. The van der Waals surface area contributed by atoms with Crippen LogP contribution < -0.4 is 5.73 Å². The van der Waals surface area contributed by atoms with E-state index in [1.807, 2.05) is 0 Å². The van der Waals surface area contributed by atoms with Crippen molar-refractivity contribution in [3.05, 3.63) is 0 Å². The standard InChI is InChI=1S/C9H17NO/c1-11-6-5-9(10)7-3-2-4-8(7)9/h7-8H,2-6,10H2,1H3. The van der Waals surface area contributed by atoms with Gasteiger partial charge in [0.15, 0.2) is 0 Å². The van der Waals surface area contributed by atoms with Crippen LogP contribution in [0.3, 0.4) is 0 Å². The van der Waals surface area contributed by atoms with Gasteiger partial charge in [-0.15, -0.1) is 0 Å². The van der Waals surface area contributed by atoms with Crippen molar-refractivity contribution >= 4 is 0 Å². The molecule has 2 N–H and O–H groups in total. The second-order valence-corrected chi connectivity index (χ2v) is 4.00. The third kappa shape index (κ3) is 1.00. The normalized spacial score (nSPS) is 47.5. The summed E-state index contributed by atoms with van der Waals surface area (Å²) in [5.41, 5.74) is 6.39. The minimum Gasteiger partial charge on any atom is -0.385 e. The van der Waals surface area contributed by atoms with Crippen LogP contribution in [-0.4, -0.2) is 19.3 Å². The molecule has 0 spiro atoms. The van der Waals surface area contributed by atoms with Gasteiger partial charge in [-0.2, -0.15) is 0 Å². The summed E-state index contributed by atoms with van der Waals surface area (Å²) < 4.78 is 5.04. The molecule has 2 aliphatic rings. The first-order valence-corrected chi connectivity index (χ1v) is 4.57. The molecule has 0 saturated heterocycles. The van der Waals surface area contributed by atoms with E-state index < -0.39 is 0 Å². The van der Waals surface area contributed by atoms with E-state index in [4.69, 9.17) is 10.5 Å². The van der Waals surface area contributed by atoms with Crippen LogP contribution in [0.5, 0.6) is 0 Å². The predicted octanol–water partition coefficient (Wildman–Crippen LogP) is 1.15. The van der Waals surface area contributed by atoms with E-state index in [2.05, 4.69) is 0 Å². The smallest absolute Gasteiger partial charge is 0.0479 e. The van der Waals surface area contributed by atoms with Crippen LogP contribution in [-0.2, 0) is 4.74 Å². The summed E-state index contributed by atoms with van der Waals surface area (Å²) in [6.45, 7) is 0.837. The molecule has 0 heterocycles. The Morgan fingerprint density at radius 2 is 2.09 bits per heavy atom. The largest absolute Gasteiger partial charge is 0.385 e. The number of ether oxygens (including phenoxy) is 1. The lowest BCUT2D eigenvalue weighted by atomic mass is 10.0. The minimum absolute atomic E-state index is 0.189. The zero-order valence-electron chi connectivity index (χ0n) is 7.18. The molecule has 2 aliphatic carbocycles. The Balaban J connectivity index is 1.85. The molecule has 11 heavy (non-hydrogen) atoms. The van der Waals surface area contributed by atoms with Crippen LogP contribution in [0.4, 0.5) is 0 Å². The molecule has 2 nitrogen and oxygen atoms in total. The Labute approximate surface area is 68.1 Å². The van der Waals surface area contributed by atoms with Crippen molar-refractivity contribution in [2.75, 3.05) is 13.7 Å². The SMILES string of the molecule is COCCC1(N)C2CCCC21. The van der Waals surface area contributed by atoms with Crippen molar-refractivity contribution in [1.82, 2.24) is 0 Å². The van der Waals surface area contributed by atoms with Crippen molar-refractivity contribution < 1.29 is 4.74 Å². The summed E-state index contributed by atoms with van der Waals surface area (Å²) in [6, 6.07) is 0. The Hall–Kier alpha value is -0.0800. The van der Waals surface area contributed by atoms with Crippen LogP contribution in [0, 0.1) is 11.8 Å². The molecule has 0 bridgehead atoms. The average molecular weight is 155 g/mol. The highest BCUT2D eigenvalue weighted by molar-refractivity contribution is 5.18. The predicted molar refractivity (Wildman–Crippen MR) is 44.2 cm³/mol. The van der Waals surface area contributed by atoms with E-state index in [-0.39, 0.29) is 5.54 Å². The first-order valence-electron chi connectivity index (χ1n) is 4.57. The number of rotatable bonds is 3. The first kappa shape index (κ1) is 7.56. The molecule has 2 unspecified atom stereocenters. The van der Waals surface area contributed by atoms with E-state index in [9.17, 15) is 0 Å². The van der Waals surface area contributed by atoms with Crippen LogP contribution in [0.2, 0.25) is 0 Å². The average Bonchev–Trinajstić information content (AvgIpc) is 2.50. The van der Waals surface area contributed by atoms with Crippen LogP contribution in [0.15, 0.2) is 0 Å². The topological polar surface area (TPSA) is 35.2 Å². The van der Waals surface area contributed by atoms with E-state index in [1.54, 1.807) is 7.11 Å². The number of nitrogens with two attached hydrogens (primary N) is 1. The van der Waals surface area contributed by atoms with Crippen LogP contribution >= 0.6 is 0 Å². The summed E-state index contributed by atoms with van der Waals surface area (Å²) in [6.07, 6.45) is 5.20. The quantitative estimate of drug-likeness (QED) is 0.663. The van der Waals surface area contributed by atoms with E-state index >= 15 is 0 Å². The Kier molecular flexibility index (Phi) is 1.69. The Bertz CT molecular complexity index is 148. The maximum Gasteiger partial charge on any atom is 0.0479 e. The molecule has 2 saturated carbocycles. The van der Waals surface area contributed by atoms with Gasteiger partial charge < -0.3 is 10.5 Å². The molecule has 0 aliphatic heterocycles. The van der Waals surface area contributed by atoms with Gasteiger partial charge in [0, 0.05) is 19.3 Å². The number of fused-ring (bicyclic) bond motifs is 1. The third-order valence-corrected chi connectivity index (χ3v) is 3.53. The zero-order valence-corrected chi connectivity index (χ0v) is 7.18. The number of methoxy groups -OCH3 is 1. The van der Waals surface area contributed by atoms with Gasteiger partial charge in [-0.25, -0.2) is 0 Å². The lowest BCUT2D eigenvalue weighted by Crippen LogP contribution is -2.29. The second kappa shape index (κ2) is 2.46. The highest BCUT2D eigenvalue weighted by Gasteiger charge is 2.62. The fraction of sp³-hybridized carbons (Fsp3) is 1.00. The number of hydrogen-bond acceptors (Lipinski definition) is 2. The van der Waals surface area contributed by atoms with Crippen molar-refractivity contribution in [2.24, 2.45) is 17.6 Å². The summed E-state index contributed by atoms with van der Waals surface area (Å²) >= 11 is 0. The monoisotopic (exact) mass is 155 g/mol. The van der Waals surface area contributed by atoms with E-state index in [1.165, 1.54) is 19.3 Å². The molecule has 2 rings (SSSR count). The maximum atomic E-state index is 6.20. The van der Waals surface area contributed by atoms with Crippen LogP contribution in [0.1, 0.15) is 25.7 Å². The second-order valence-electron chi connectivity index (χ2n) is 4.00. The number of hydrogen-bond donors (Lipinski definition) is 1. The van der Waals surface area contributed by atoms with Gasteiger partial charge in [0.25, 0.3) is 0 Å². The maximum absolute atomic E-state index is 6.20. The summed E-state index contributed by atoms with van der Waals surface area (Å²) in [5.74, 6) is 1.69. The Morgan fingerprint density at radius 3 is 2.64 bits per heavy atom. The van der Waals surface area contributed by atoms with Gasteiger partial charge in [-0.1, -0.05) is 6.42 Å². The van der Waals surface area contributed by atoms with Crippen molar-refractivity contribution in [3.63, 3.8) is 0 Å². The molecule has 2 heteroatoms. The van der Waals surface area contributed by atoms with Crippen molar-refractivity contribution in [2.45, 2.75) is 31.2 Å². The van der Waals surface area contributed by atoms with Gasteiger partial charge in [-0.3, -0.25) is 0 Å². The van der Waals surface area contributed by atoms with Crippen LogP contribution in [0.25, 0.3) is 0 Å². The zero-order chi connectivity index (χ0) is 7.90. The molecule has 0 aromatic rings. The Morgan fingerprint density at radius 1 is 1.45 bits per heavy atom. The molecule has 0 aromatic carbocycles. The fourth-order valence-corrected chi connectivity index (χ4v) is 2.78. The molecule has 0 radical (unpaired) electrons. The lowest BCUT2D eigenvalue weighted by Gasteiger charge is -2.13. The first-order chi connectivity index (χ1) is 5.29. The fourth-order valence-electron chi connectivity index (χ4n) is 2.78.